The quantitative estimate of drug-likeness (QED) is 0.530. The molecule has 3 aromatic rings. The lowest BCUT2D eigenvalue weighted by Gasteiger charge is -2.42. The van der Waals surface area contributed by atoms with Crippen LogP contribution in [0.15, 0.2) is 66.0 Å². The van der Waals surface area contributed by atoms with Crippen LogP contribution in [0.3, 0.4) is 0 Å². The zero-order valence-corrected chi connectivity index (χ0v) is 19.9. The van der Waals surface area contributed by atoms with Crippen LogP contribution in [0.4, 0.5) is 10.1 Å². The fourth-order valence-corrected chi connectivity index (χ4v) is 5.39. The molecule has 2 atom stereocenters. The molecule has 0 aliphatic carbocycles. The minimum atomic E-state index is -0.214. The maximum atomic E-state index is 13.3. The molecule has 1 aliphatic rings. The Balaban J connectivity index is 1.39. The van der Waals surface area contributed by atoms with E-state index in [0.29, 0.717) is 6.42 Å². The van der Waals surface area contributed by atoms with Gasteiger partial charge in [-0.2, -0.15) is 0 Å². The molecule has 1 amide bonds. The molecule has 1 aromatic heterocycles. The van der Waals surface area contributed by atoms with Crippen molar-refractivity contribution in [3.8, 4) is 5.75 Å². The molecule has 2 heterocycles. The Morgan fingerprint density at radius 1 is 1.06 bits per heavy atom. The first kappa shape index (κ1) is 23.3. The first-order valence-electron chi connectivity index (χ1n) is 11.2. The number of thiophene rings is 1. The zero-order valence-electron chi connectivity index (χ0n) is 19.0. The number of benzene rings is 2. The van der Waals surface area contributed by atoms with Crippen molar-refractivity contribution in [1.29, 1.82) is 0 Å². The SMILES string of the molecule is COc1ccc(CC(=O)N[C@@H](C)[C@@H](c2cccs2)N2CCN(c3ccc(F)cc3)CC2)cc1. The van der Waals surface area contributed by atoms with Gasteiger partial charge in [0.25, 0.3) is 0 Å². The Morgan fingerprint density at radius 3 is 2.36 bits per heavy atom. The number of carbonyl (C=O) groups is 1. The van der Waals surface area contributed by atoms with Crippen molar-refractivity contribution >= 4 is 22.9 Å². The van der Waals surface area contributed by atoms with Gasteiger partial charge in [0, 0.05) is 42.8 Å². The highest BCUT2D eigenvalue weighted by molar-refractivity contribution is 7.10. The largest absolute Gasteiger partial charge is 0.497 e. The van der Waals surface area contributed by atoms with E-state index in [0.717, 1.165) is 43.2 Å². The summed E-state index contributed by atoms with van der Waals surface area (Å²) < 4.78 is 18.5. The van der Waals surface area contributed by atoms with Crippen molar-refractivity contribution < 1.29 is 13.9 Å². The fraction of sp³-hybridized carbons (Fsp3) is 0.346. The molecular formula is C26H30FN3O2S. The normalized spacial score (nSPS) is 16.3. The lowest BCUT2D eigenvalue weighted by molar-refractivity contribution is -0.121. The van der Waals surface area contributed by atoms with Crippen molar-refractivity contribution in [2.45, 2.75) is 25.4 Å². The number of methoxy groups -OCH3 is 1. The number of nitrogens with zero attached hydrogens (tertiary/aromatic N) is 2. The summed E-state index contributed by atoms with van der Waals surface area (Å²) in [4.78, 5) is 18.8. The number of anilines is 1. The van der Waals surface area contributed by atoms with Crippen LogP contribution >= 0.6 is 11.3 Å². The number of ether oxygens (including phenoxy) is 1. The van der Waals surface area contributed by atoms with Crippen molar-refractivity contribution in [3.05, 3.63) is 82.3 Å². The molecule has 7 heteroatoms. The molecule has 174 valence electrons. The van der Waals surface area contributed by atoms with E-state index in [1.807, 2.05) is 36.4 Å². The summed E-state index contributed by atoms with van der Waals surface area (Å²) in [5.74, 6) is 0.582. The number of carbonyl (C=O) groups excluding carboxylic acids is 1. The van der Waals surface area contributed by atoms with Gasteiger partial charge in [0.05, 0.1) is 19.6 Å². The van der Waals surface area contributed by atoms with Gasteiger partial charge in [-0.1, -0.05) is 18.2 Å². The molecule has 33 heavy (non-hydrogen) atoms. The molecule has 1 fully saturated rings. The van der Waals surface area contributed by atoms with E-state index in [-0.39, 0.29) is 23.8 Å². The summed E-state index contributed by atoms with van der Waals surface area (Å²) in [5, 5.41) is 5.32. The smallest absolute Gasteiger partial charge is 0.224 e. The summed E-state index contributed by atoms with van der Waals surface area (Å²) in [6, 6.07) is 18.6. The highest BCUT2D eigenvalue weighted by Crippen LogP contribution is 2.30. The molecule has 0 bridgehead atoms. The Hall–Kier alpha value is -2.90. The molecule has 5 nitrogen and oxygen atoms in total. The highest BCUT2D eigenvalue weighted by Gasteiger charge is 2.31. The third-order valence-corrected chi connectivity index (χ3v) is 7.06. The number of amides is 1. The topological polar surface area (TPSA) is 44.8 Å². The van der Waals surface area contributed by atoms with Crippen LogP contribution in [-0.4, -0.2) is 50.1 Å². The summed E-state index contributed by atoms with van der Waals surface area (Å²) in [6.07, 6.45) is 0.337. The van der Waals surface area contributed by atoms with E-state index in [9.17, 15) is 9.18 Å². The van der Waals surface area contributed by atoms with Gasteiger partial charge in [-0.25, -0.2) is 4.39 Å². The lowest BCUT2D eigenvalue weighted by atomic mass is 10.0. The van der Waals surface area contributed by atoms with Gasteiger partial charge in [0.1, 0.15) is 11.6 Å². The number of nitrogens with one attached hydrogen (secondary N) is 1. The van der Waals surface area contributed by atoms with E-state index in [1.165, 1.54) is 17.0 Å². The zero-order chi connectivity index (χ0) is 23.2. The number of halogens is 1. The summed E-state index contributed by atoms with van der Waals surface area (Å²) >= 11 is 1.72. The van der Waals surface area contributed by atoms with Gasteiger partial charge >= 0.3 is 0 Å². The Kier molecular flexibility index (Phi) is 7.62. The predicted octanol–water partition coefficient (Wildman–Crippen LogP) is 4.51. The van der Waals surface area contributed by atoms with Gasteiger partial charge < -0.3 is 15.0 Å². The summed E-state index contributed by atoms with van der Waals surface area (Å²) in [5.41, 5.74) is 2.01. The number of hydrogen-bond donors (Lipinski definition) is 1. The van der Waals surface area contributed by atoms with Crippen molar-refractivity contribution in [2.75, 3.05) is 38.2 Å². The van der Waals surface area contributed by atoms with Gasteiger partial charge in [-0.15, -0.1) is 11.3 Å². The van der Waals surface area contributed by atoms with E-state index in [1.54, 1.807) is 18.4 Å². The number of rotatable bonds is 8. The Labute approximate surface area is 198 Å². The van der Waals surface area contributed by atoms with E-state index < -0.39 is 0 Å². The molecule has 1 saturated heterocycles. The second kappa shape index (κ2) is 10.8. The first-order chi connectivity index (χ1) is 16.0. The molecule has 4 rings (SSSR count). The maximum absolute atomic E-state index is 13.3. The van der Waals surface area contributed by atoms with Crippen LogP contribution in [-0.2, 0) is 11.2 Å². The second-order valence-electron chi connectivity index (χ2n) is 8.34. The number of hydrogen-bond acceptors (Lipinski definition) is 5. The molecule has 0 saturated carbocycles. The minimum Gasteiger partial charge on any atom is -0.497 e. The Bertz CT molecular complexity index is 1020. The van der Waals surface area contributed by atoms with Crippen LogP contribution in [0.1, 0.15) is 23.4 Å². The highest BCUT2D eigenvalue weighted by atomic mass is 32.1. The van der Waals surface area contributed by atoms with Crippen LogP contribution in [0.25, 0.3) is 0 Å². The maximum Gasteiger partial charge on any atom is 0.224 e. The van der Waals surface area contributed by atoms with Gasteiger partial charge in [-0.05, 0) is 60.3 Å². The Morgan fingerprint density at radius 2 is 1.76 bits per heavy atom. The van der Waals surface area contributed by atoms with Gasteiger partial charge in [-0.3, -0.25) is 9.69 Å². The molecule has 0 radical (unpaired) electrons. The molecule has 0 unspecified atom stereocenters. The fourth-order valence-electron chi connectivity index (χ4n) is 4.43. The average Bonchev–Trinajstić information content (AvgIpc) is 3.35. The minimum absolute atomic E-state index is 0.0131. The van der Waals surface area contributed by atoms with Crippen molar-refractivity contribution in [1.82, 2.24) is 10.2 Å². The van der Waals surface area contributed by atoms with Crippen molar-refractivity contribution in [2.24, 2.45) is 0 Å². The first-order valence-corrected chi connectivity index (χ1v) is 12.1. The third kappa shape index (κ3) is 5.92. The molecule has 0 spiro atoms. The van der Waals surface area contributed by atoms with Gasteiger partial charge in [0.15, 0.2) is 0 Å². The van der Waals surface area contributed by atoms with Crippen LogP contribution in [0.2, 0.25) is 0 Å². The standard InChI is InChI=1S/C26H30FN3O2S/c1-19(28-25(31)18-20-5-11-23(32-2)12-6-20)26(24-4-3-17-33-24)30-15-13-29(14-16-30)22-9-7-21(27)8-10-22/h3-12,17,19,26H,13-16,18H2,1-2H3,(H,28,31)/t19-,26-/m0/s1. The van der Waals surface area contributed by atoms with Crippen LogP contribution in [0, 0.1) is 5.82 Å². The molecule has 2 aromatic carbocycles. The summed E-state index contributed by atoms with van der Waals surface area (Å²) in [6.45, 7) is 5.56. The van der Waals surface area contributed by atoms with Gasteiger partial charge in [0.2, 0.25) is 5.91 Å². The molecular weight excluding hydrogens is 437 g/mol. The van der Waals surface area contributed by atoms with Crippen LogP contribution < -0.4 is 15.0 Å². The van der Waals surface area contributed by atoms with Crippen LogP contribution in [0.5, 0.6) is 5.75 Å². The monoisotopic (exact) mass is 467 g/mol. The second-order valence-corrected chi connectivity index (χ2v) is 9.32. The lowest BCUT2D eigenvalue weighted by Crippen LogP contribution is -2.52. The molecule has 1 N–H and O–H groups in total. The van der Waals surface area contributed by atoms with E-state index in [2.05, 4.69) is 39.6 Å². The number of piperazine rings is 1. The summed E-state index contributed by atoms with van der Waals surface area (Å²) in [7, 11) is 1.63. The molecule has 1 aliphatic heterocycles. The third-order valence-electron chi connectivity index (χ3n) is 6.12. The predicted molar refractivity (Wildman–Crippen MR) is 132 cm³/mol. The van der Waals surface area contributed by atoms with Crippen molar-refractivity contribution in [3.63, 3.8) is 0 Å². The van der Waals surface area contributed by atoms with E-state index in [4.69, 9.17) is 4.74 Å². The average molecular weight is 468 g/mol. The van der Waals surface area contributed by atoms with E-state index >= 15 is 0 Å².